The van der Waals surface area contributed by atoms with Crippen molar-refractivity contribution < 1.29 is 0 Å². The van der Waals surface area contributed by atoms with E-state index in [1.165, 1.54) is 4.88 Å². The maximum atomic E-state index is 4.42. The number of thiophene rings is 1. The van der Waals surface area contributed by atoms with Crippen molar-refractivity contribution in [1.82, 2.24) is 15.3 Å². The molecule has 0 amide bonds. The fourth-order valence-corrected chi connectivity index (χ4v) is 2.42. The molecule has 0 unspecified atom stereocenters. The number of aromatic nitrogens is 2. The fraction of sp³-hybridized carbons (Fsp3) is 0.429. The zero-order valence-corrected chi connectivity index (χ0v) is 12.4. The van der Waals surface area contributed by atoms with Gasteiger partial charge in [0.05, 0.1) is 6.54 Å². The van der Waals surface area contributed by atoms with Crippen LogP contribution in [-0.4, -0.2) is 23.1 Å². The highest BCUT2D eigenvalue weighted by Gasteiger charge is 2.06. The predicted molar refractivity (Wildman–Crippen MR) is 80.4 cm³/mol. The van der Waals surface area contributed by atoms with Gasteiger partial charge in [0, 0.05) is 42.5 Å². The van der Waals surface area contributed by atoms with E-state index in [4.69, 9.17) is 0 Å². The smallest absolute Gasteiger partial charge is 0.225 e. The summed E-state index contributed by atoms with van der Waals surface area (Å²) in [4.78, 5) is 12.2. The Morgan fingerprint density at radius 3 is 2.63 bits per heavy atom. The lowest BCUT2D eigenvalue weighted by atomic mass is 10.3. The first-order chi connectivity index (χ1) is 9.15. The second-order valence-corrected chi connectivity index (χ2v) is 5.89. The van der Waals surface area contributed by atoms with Crippen LogP contribution in [0.25, 0.3) is 0 Å². The topological polar surface area (TPSA) is 41.1 Å². The summed E-state index contributed by atoms with van der Waals surface area (Å²) in [6, 6.07) is 4.67. The normalized spacial score (nSPS) is 10.9. The van der Waals surface area contributed by atoms with Gasteiger partial charge in [-0.2, -0.15) is 0 Å². The molecule has 0 aromatic carbocycles. The molecule has 0 aliphatic rings. The maximum absolute atomic E-state index is 4.42. The summed E-state index contributed by atoms with van der Waals surface area (Å²) in [5.41, 5.74) is 1.11. The molecule has 4 nitrogen and oxygen atoms in total. The molecule has 2 aromatic rings. The summed E-state index contributed by atoms with van der Waals surface area (Å²) in [5, 5.41) is 5.44. The van der Waals surface area contributed by atoms with E-state index in [9.17, 15) is 0 Å². The number of hydrogen-bond donors (Lipinski definition) is 1. The highest BCUT2D eigenvalue weighted by molar-refractivity contribution is 7.09. The molecular weight excluding hydrogens is 256 g/mol. The first-order valence-corrected chi connectivity index (χ1v) is 7.31. The van der Waals surface area contributed by atoms with Crippen molar-refractivity contribution in [1.29, 1.82) is 0 Å². The Hall–Kier alpha value is -1.46. The van der Waals surface area contributed by atoms with Gasteiger partial charge in [0.15, 0.2) is 0 Å². The molecule has 19 heavy (non-hydrogen) atoms. The standard InChI is InChI=1S/C14H20N4S/c1-11(2)15-7-12-8-16-14(17-9-12)18(3)10-13-5-4-6-19-13/h4-6,8-9,11,15H,7,10H2,1-3H3. The third kappa shape index (κ3) is 4.29. The number of nitrogens with zero attached hydrogens (tertiary/aromatic N) is 3. The molecular formula is C14H20N4S. The SMILES string of the molecule is CC(C)NCc1cnc(N(C)Cc2cccs2)nc1. The average molecular weight is 276 g/mol. The van der Waals surface area contributed by atoms with Crippen LogP contribution in [0.3, 0.4) is 0 Å². The third-order valence-corrected chi connectivity index (χ3v) is 3.58. The lowest BCUT2D eigenvalue weighted by Gasteiger charge is -2.16. The Balaban J connectivity index is 1.93. The Morgan fingerprint density at radius 2 is 2.05 bits per heavy atom. The van der Waals surface area contributed by atoms with Crippen molar-refractivity contribution in [2.24, 2.45) is 0 Å². The zero-order valence-electron chi connectivity index (χ0n) is 11.6. The van der Waals surface area contributed by atoms with Crippen LogP contribution in [0, 0.1) is 0 Å². The predicted octanol–water partition coefficient (Wildman–Crippen LogP) is 2.67. The van der Waals surface area contributed by atoms with Crippen molar-refractivity contribution in [3.8, 4) is 0 Å². The van der Waals surface area contributed by atoms with Crippen molar-refractivity contribution >= 4 is 17.3 Å². The Bertz CT molecular complexity index is 479. The van der Waals surface area contributed by atoms with E-state index in [0.29, 0.717) is 6.04 Å². The summed E-state index contributed by atoms with van der Waals surface area (Å²) in [6.45, 7) is 5.92. The molecule has 1 N–H and O–H groups in total. The van der Waals surface area contributed by atoms with Crippen molar-refractivity contribution in [2.45, 2.75) is 33.0 Å². The lowest BCUT2D eigenvalue weighted by Crippen LogP contribution is -2.22. The molecule has 0 aliphatic carbocycles. The fourth-order valence-electron chi connectivity index (χ4n) is 1.67. The highest BCUT2D eigenvalue weighted by atomic mass is 32.1. The van der Waals surface area contributed by atoms with E-state index in [2.05, 4.69) is 51.5 Å². The minimum Gasteiger partial charge on any atom is -0.339 e. The summed E-state index contributed by atoms with van der Waals surface area (Å²) >= 11 is 1.75. The van der Waals surface area contributed by atoms with Crippen LogP contribution >= 0.6 is 11.3 Å². The Kier molecular flexibility index (Phi) is 4.87. The minimum atomic E-state index is 0.473. The summed E-state index contributed by atoms with van der Waals surface area (Å²) < 4.78 is 0. The van der Waals surface area contributed by atoms with Gasteiger partial charge < -0.3 is 10.2 Å². The van der Waals surface area contributed by atoms with Crippen LogP contribution in [0.4, 0.5) is 5.95 Å². The first kappa shape index (κ1) is 14.0. The molecule has 2 heterocycles. The molecule has 0 bridgehead atoms. The largest absolute Gasteiger partial charge is 0.339 e. The van der Waals surface area contributed by atoms with E-state index >= 15 is 0 Å². The third-order valence-electron chi connectivity index (χ3n) is 2.72. The van der Waals surface area contributed by atoms with Gasteiger partial charge in [-0.15, -0.1) is 11.3 Å². The van der Waals surface area contributed by atoms with Crippen molar-refractivity contribution in [3.63, 3.8) is 0 Å². The monoisotopic (exact) mass is 276 g/mol. The second-order valence-electron chi connectivity index (χ2n) is 4.86. The van der Waals surface area contributed by atoms with E-state index in [1.807, 2.05) is 19.4 Å². The number of hydrogen-bond acceptors (Lipinski definition) is 5. The Morgan fingerprint density at radius 1 is 1.32 bits per heavy atom. The van der Waals surface area contributed by atoms with Crippen LogP contribution in [0.15, 0.2) is 29.9 Å². The van der Waals surface area contributed by atoms with Gasteiger partial charge in [0.2, 0.25) is 5.95 Å². The summed E-state index contributed by atoms with van der Waals surface area (Å²) in [7, 11) is 2.01. The molecule has 0 saturated carbocycles. The molecule has 0 spiro atoms. The molecule has 102 valence electrons. The van der Waals surface area contributed by atoms with Crippen LogP contribution in [-0.2, 0) is 13.1 Å². The second kappa shape index (κ2) is 6.63. The highest BCUT2D eigenvalue weighted by Crippen LogP contribution is 2.14. The molecule has 5 heteroatoms. The average Bonchev–Trinajstić information content (AvgIpc) is 2.89. The number of nitrogens with one attached hydrogen (secondary N) is 1. The molecule has 0 saturated heterocycles. The maximum Gasteiger partial charge on any atom is 0.225 e. The van der Waals surface area contributed by atoms with Gasteiger partial charge >= 0.3 is 0 Å². The lowest BCUT2D eigenvalue weighted by molar-refractivity contribution is 0.586. The molecule has 0 radical (unpaired) electrons. The molecule has 2 rings (SSSR count). The first-order valence-electron chi connectivity index (χ1n) is 6.43. The van der Waals surface area contributed by atoms with Gasteiger partial charge in [-0.25, -0.2) is 9.97 Å². The van der Waals surface area contributed by atoms with Crippen LogP contribution in [0.1, 0.15) is 24.3 Å². The van der Waals surface area contributed by atoms with Crippen LogP contribution in [0.5, 0.6) is 0 Å². The van der Waals surface area contributed by atoms with Gasteiger partial charge in [-0.05, 0) is 11.4 Å². The number of rotatable bonds is 6. The van der Waals surface area contributed by atoms with E-state index in [-0.39, 0.29) is 0 Å². The zero-order chi connectivity index (χ0) is 13.7. The minimum absolute atomic E-state index is 0.473. The van der Waals surface area contributed by atoms with Crippen molar-refractivity contribution in [3.05, 3.63) is 40.3 Å². The summed E-state index contributed by atoms with van der Waals surface area (Å²) in [6.07, 6.45) is 3.78. The van der Waals surface area contributed by atoms with Crippen LogP contribution in [0.2, 0.25) is 0 Å². The summed E-state index contributed by atoms with van der Waals surface area (Å²) in [5.74, 6) is 0.765. The van der Waals surface area contributed by atoms with Crippen LogP contribution < -0.4 is 10.2 Å². The molecule has 2 aromatic heterocycles. The Labute approximate surface area is 118 Å². The van der Waals surface area contributed by atoms with Gasteiger partial charge in [-0.1, -0.05) is 19.9 Å². The molecule has 0 aliphatic heterocycles. The quantitative estimate of drug-likeness (QED) is 0.880. The number of anilines is 1. The van der Waals surface area contributed by atoms with Gasteiger partial charge in [-0.3, -0.25) is 0 Å². The van der Waals surface area contributed by atoms with Crippen molar-refractivity contribution in [2.75, 3.05) is 11.9 Å². The van der Waals surface area contributed by atoms with Gasteiger partial charge in [0.25, 0.3) is 0 Å². The molecule has 0 fully saturated rings. The molecule has 0 atom stereocenters. The van der Waals surface area contributed by atoms with Gasteiger partial charge in [0.1, 0.15) is 0 Å². The van der Waals surface area contributed by atoms with E-state index in [1.54, 1.807) is 11.3 Å². The van der Waals surface area contributed by atoms with E-state index in [0.717, 1.165) is 24.6 Å². The van der Waals surface area contributed by atoms with E-state index < -0.39 is 0 Å².